The topological polar surface area (TPSA) is 54.9 Å². The minimum atomic E-state index is 0.0537. The van der Waals surface area contributed by atoms with Gasteiger partial charge in [-0.3, -0.25) is 4.79 Å². The molecule has 0 unspecified atom stereocenters. The zero-order valence-electron chi connectivity index (χ0n) is 11.2. The van der Waals surface area contributed by atoms with Crippen LogP contribution in [-0.2, 0) is 6.42 Å². The van der Waals surface area contributed by atoms with Gasteiger partial charge in [0.1, 0.15) is 5.01 Å². The van der Waals surface area contributed by atoms with Crippen molar-refractivity contribution in [1.29, 1.82) is 0 Å². The molecular formula is C16H13N3OS. The molecule has 0 aliphatic carbocycles. The molecule has 0 spiro atoms. The summed E-state index contributed by atoms with van der Waals surface area (Å²) in [6, 6.07) is 19.0. The van der Waals surface area contributed by atoms with Crippen LogP contribution in [0.3, 0.4) is 0 Å². The molecule has 0 radical (unpaired) electrons. The number of carbonyl (C=O) groups is 1. The van der Waals surface area contributed by atoms with Gasteiger partial charge >= 0.3 is 0 Å². The summed E-state index contributed by atoms with van der Waals surface area (Å²) in [5.41, 5.74) is 1.65. The van der Waals surface area contributed by atoms with E-state index in [0.29, 0.717) is 15.7 Å². The van der Waals surface area contributed by atoms with Crippen molar-refractivity contribution in [3.05, 3.63) is 71.2 Å². The molecule has 0 bridgehead atoms. The Morgan fingerprint density at radius 2 is 1.62 bits per heavy atom. The van der Waals surface area contributed by atoms with Gasteiger partial charge in [-0.2, -0.15) is 0 Å². The van der Waals surface area contributed by atoms with E-state index in [1.54, 1.807) is 0 Å². The van der Waals surface area contributed by atoms with Crippen molar-refractivity contribution in [2.45, 2.75) is 6.42 Å². The van der Waals surface area contributed by atoms with Gasteiger partial charge in [0, 0.05) is 11.3 Å². The Hall–Kier alpha value is -2.53. The minimum Gasteiger partial charge on any atom is -0.330 e. The van der Waals surface area contributed by atoms with Crippen LogP contribution in [0, 0.1) is 0 Å². The minimum absolute atomic E-state index is 0.0537. The normalized spacial score (nSPS) is 10.3. The highest BCUT2D eigenvalue weighted by Crippen LogP contribution is 2.21. The molecule has 0 aliphatic rings. The van der Waals surface area contributed by atoms with E-state index in [4.69, 9.17) is 0 Å². The molecule has 1 aromatic heterocycles. The van der Waals surface area contributed by atoms with Gasteiger partial charge in [0.25, 0.3) is 0 Å². The van der Waals surface area contributed by atoms with Gasteiger partial charge in [0.2, 0.25) is 5.13 Å². The number of aromatic nitrogens is 2. The van der Waals surface area contributed by atoms with E-state index in [9.17, 15) is 4.79 Å². The molecule has 0 amide bonds. The van der Waals surface area contributed by atoms with Gasteiger partial charge in [-0.25, -0.2) is 0 Å². The second-order valence-electron chi connectivity index (χ2n) is 4.46. The molecule has 21 heavy (non-hydrogen) atoms. The Balaban J connectivity index is 1.67. The van der Waals surface area contributed by atoms with E-state index in [0.717, 1.165) is 5.69 Å². The predicted octanol–water partition coefficient (Wildman–Crippen LogP) is 3.71. The Bertz CT molecular complexity index is 726. The molecule has 2 aromatic carbocycles. The first-order valence-corrected chi connectivity index (χ1v) is 7.35. The molecule has 104 valence electrons. The lowest BCUT2D eigenvalue weighted by Crippen LogP contribution is -2.02. The number of Topliss-reactive ketones (excluding diaryl/α,β-unsaturated/α-hetero) is 1. The van der Waals surface area contributed by atoms with Crippen molar-refractivity contribution < 1.29 is 4.79 Å². The lowest BCUT2D eigenvalue weighted by atomic mass is 10.1. The van der Waals surface area contributed by atoms with Crippen molar-refractivity contribution in [2.75, 3.05) is 5.32 Å². The number of carbonyl (C=O) groups excluding carboxylic acids is 1. The standard InChI is InChI=1S/C16H13N3OS/c20-14(12-7-3-1-4-8-12)11-15-18-19-16(21-15)17-13-9-5-2-6-10-13/h1-10H,11H2,(H,17,19). The summed E-state index contributed by atoms with van der Waals surface area (Å²) in [5, 5.41) is 12.7. The highest BCUT2D eigenvalue weighted by molar-refractivity contribution is 7.15. The van der Waals surface area contributed by atoms with E-state index >= 15 is 0 Å². The molecule has 0 fully saturated rings. The first-order chi connectivity index (χ1) is 10.3. The summed E-state index contributed by atoms with van der Waals surface area (Å²) >= 11 is 1.40. The third kappa shape index (κ3) is 3.52. The molecule has 0 atom stereocenters. The fraction of sp³-hybridized carbons (Fsp3) is 0.0625. The number of rotatable bonds is 5. The zero-order valence-corrected chi connectivity index (χ0v) is 12.0. The van der Waals surface area contributed by atoms with Crippen LogP contribution in [0.1, 0.15) is 15.4 Å². The van der Waals surface area contributed by atoms with Gasteiger partial charge < -0.3 is 5.32 Å². The highest BCUT2D eigenvalue weighted by atomic mass is 32.1. The molecule has 3 aromatic rings. The molecule has 0 aliphatic heterocycles. The monoisotopic (exact) mass is 295 g/mol. The summed E-state index contributed by atoms with van der Waals surface area (Å²) < 4.78 is 0. The van der Waals surface area contributed by atoms with Crippen LogP contribution in [-0.4, -0.2) is 16.0 Å². The number of anilines is 2. The summed E-state index contributed by atoms with van der Waals surface area (Å²) in [5.74, 6) is 0.0537. The van der Waals surface area contributed by atoms with Crippen molar-refractivity contribution in [2.24, 2.45) is 0 Å². The number of benzene rings is 2. The predicted molar refractivity (Wildman–Crippen MR) is 84.1 cm³/mol. The molecule has 0 saturated heterocycles. The Labute approximate surface area is 126 Å². The molecule has 5 heteroatoms. The fourth-order valence-electron chi connectivity index (χ4n) is 1.88. The second kappa shape index (κ2) is 6.28. The summed E-state index contributed by atoms with van der Waals surface area (Å²) in [4.78, 5) is 12.1. The van der Waals surface area contributed by atoms with Crippen LogP contribution in [0.4, 0.5) is 10.8 Å². The maximum Gasteiger partial charge on any atom is 0.210 e. The van der Waals surface area contributed by atoms with E-state index in [1.807, 2.05) is 60.7 Å². The van der Waals surface area contributed by atoms with Gasteiger partial charge in [-0.1, -0.05) is 59.9 Å². The number of para-hydroxylation sites is 1. The summed E-state index contributed by atoms with van der Waals surface area (Å²) in [6.45, 7) is 0. The number of nitrogens with one attached hydrogen (secondary N) is 1. The SMILES string of the molecule is O=C(Cc1nnc(Nc2ccccc2)s1)c1ccccc1. The maximum absolute atomic E-state index is 12.1. The van der Waals surface area contributed by atoms with Crippen molar-refractivity contribution >= 4 is 27.9 Å². The van der Waals surface area contributed by atoms with Crippen LogP contribution < -0.4 is 5.32 Å². The van der Waals surface area contributed by atoms with Crippen molar-refractivity contribution in [1.82, 2.24) is 10.2 Å². The first-order valence-electron chi connectivity index (χ1n) is 6.54. The largest absolute Gasteiger partial charge is 0.330 e. The lowest BCUT2D eigenvalue weighted by molar-refractivity contribution is 0.0992. The third-order valence-corrected chi connectivity index (χ3v) is 3.74. The van der Waals surface area contributed by atoms with E-state index in [1.165, 1.54) is 11.3 Å². The average molecular weight is 295 g/mol. The van der Waals surface area contributed by atoms with Crippen molar-refractivity contribution in [3.8, 4) is 0 Å². The Kier molecular flexibility index (Phi) is 4.02. The van der Waals surface area contributed by atoms with Crippen LogP contribution in [0.5, 0.6) is 0 Å². The van der Waals surface area contributed by atoms with Crippen molar-refractivity contribution in [3.63, 3.8) is 0 Å². The smallest absolute Gasteiger partial charge is 0.210 e. The summed E-state index contributed by atoms with van der Waals surface area (Å²) in [6.07, 6.45) is 0.276. The maximum atomic E-state index is 12.1. The second-order valence-corrected chi connectivity index (χ2v) is 5.52. The Morgan fingerprint density at radius 1 is 0.952 bits per heavy atom. The first kappa shape index (κ1) is 13.5. The van der Waals surface area contributed by atoms with E-state index in [-0.39, 0.29) is 12.2 Å². The van der Waals surface area contributed by atoms with Crippen LogP contribution >= 0.6 is 11.3 Å². The number of ketones is 1. The van der Waals surface area contributed by atoms with E-state index < -0.39 is 0 Å². The molecule has 3 rings (SSSR count). The molecule has 4 nitrogen and oxygen atoms in total. The average Bonchev–Trinajstić information content (AvgIpc) is 2.96. The molecule has 0 saturated carbocycles. The lowest BCUT2D eigenvalue weighted by Gasteiger charge is -1.99. The number of nitrogens with zero attached hydrogens (tertiary/aromatic N) is 2. The Morgan fingerprint density at radius 3 is 2.33 bits per heavy atom. The summed E-state index contributed by atoms with van der Waals surface area (Å²) in [7, 11) is 0. The van der Waals surface area contributed by atoms with Gasteiger partial charge in [-0.05, 0) is 12.1 Å². The van der Waals surface area contributed by atoms with Crippen LogP contribution in [0.25, 0.3) is 0 Å². The highest BCUT2D eigenvalue weighted by Gasteiger charge is 2.11. The molecular weight excluding hydrogens is 282 g/mol. The third-order valence-electron chi connectivity index (χ3n) is 2.90. The molecule has 1 heterocycles. The van der Waals surface area contributed by atoms with Gasteiger partial charge in [0.15, 0.2) is 5.78 Å². The fourth-order valence-corrected chi connectivity index (χ4v) is 2.64. The quantitative estimate of drug-likeness (QED) is 0.729. The van der Waals surface area contributed by atoms with E-state index in [2.05, 4.69) is 15.5 Å². The number of hydrogen-bond donors (Lipinski definition) is 1. The molecule has 1 N–H and O–H groups in total. The van der Waals surface area contributed by atoms with Crippen LogP contribution in [0.15, 0.2) is 60.7 Å². The zero-order chi connectivity index (χ0) is 14.5. The van der Waals surface area contributed by atoms with Gasteiger partial charge in [0.05, 0.1) is 6.42 Å². The van der Waals surface area contributed by atoms with Gasteiger partial charge in [-0.15, -0.1) is 10.2 Å². The van der Waals surface area contributed by atoms with Crippen LogP contribution in [0.2, 0.25) is 0 Å². The number of hydrogen-bond acceptors (Lipinski definition) is 5.